The minimum absolute atomic E-state index is 0.0118. The molecule has 1 aromatic rings. The van der Waals surface area contributed by atoms with Gasteiger partial charge in [0, 0.05) is 18.3 Å². The van der Waals surface area contributed by atoms with E-state index in [2.05, 4.69) is 31.3 Å². The average Bonchev–Trinajstić information content (AvgIpc) is 2.16. The first kappa shape index (κ1) is 11.0. The third-order valence-electron chi connectivity index (χ3n) is 2.26. The summed E-state index contributed by atoms with van der Waals surface area (Å²) in [6, 6.07) is 5.94. The van der Waals surface area contributed by atoms with E-state index in [1.807, 2.05) is 6.07 Å². The van der Waals surface area contributed by atoms with Gasteiger partial charge >= 0.3 is 0 Å². The molecule has 1 atom stereocenters. The molecule has 0 aromatic heterocycles. The maximum absolute atomic E-state index is 8.79. The van der Waals surface area contributed by atoms with Crippen LogP contribution < -0.4 is 11.1 Å². The summed E-state index contributed by atoms with van der Waals surface area (Å²) in [6.07, 6.45) is 0. The summed E-state index contributed by atoms with van der Waals surface area (Å²) in [7, 11) is 0. The average molecular weight is 194 g/mol. The van der Waals surface area contributed by atoms with Gasteiger partial charge in [0.15, 0.2) is 0 Å². The van der Waals surface area contributed by atoms with E-state index in [-0.39, 0.29) is 12.6 Å². The van der Waals surface area contributed by atoms with Gasteiger partial charge in [-0.05, 0) is 25.0 Å². The maximum Gasteiger partial charge on any atom is 0.0599 e. The fourth-order valence-electron chi connectivity index (χ4n) is 1.39. The molecule has 0 aliphatic carbocycles. The molecule has 4 N–H and O–H groups in total. The molecule has 0 spiro atoms. The number of aliphatic hydroxyl groups is 1. The van der Waals surface area contributed by atoms with Gasteiger partial charge in [-0.25, -0.2) is 0 Å². The molecule has 3 heteroatoms. The number of hydrogen-bond acceptors (Lipinski definition) is 3. The first-order chi connectivity index (χ1) is 6.65. The van der Waals surface area contributed by atoms with Crippen molar-refractivity contribution in [3.63, 3.8) is 0 Å². The van der Waals surface area contributed by atoms with Crippen LogP contribution in [0.25, 0.3) is 0 Å². The molecule has 0 radical (unpaired) electrons. The molecule has 0 amide bonds. The van der Waals surface area contributed by atoms with E-state index >= 15 is 0 Å². The number of nitrogens with two attached hydrogens (primary N) is 1. The van der Waals surface area contributed by atoms with Gasteiger partial charge in [0.25, 0.3) is 0 Å². The Morgan fingerprint density at radius 3 is 2.43 bits per heavy atom. The zero-order valence-corrected chi connectivity index (χ0v) is 8.75. The second kappa shape index (κ2) is 4.98. The lowest BCUT2D eigenvalue weighted by Gasteiger charge is -2.15. The molecule has 0 aliphatic rings. The Kier molecular flexibility index (Phi) is 3.92. The highest BCUT2D eigenvalue weighted by molar-refractivity contribution is 5.56. The number of hydrogen-bond donors (Lipinski definition) is 3. The van der Waals surface area contributed by atoms with Gasteiger partial charge in [-0.1, -0.05) is 18.2 Å². The molecular formula is C11H18N2O. The summed E-state index contributed by atoms with van der Waals surface area (Å²) in [4.78, 5) is 0. The monoisotopic (exact) mass is 194 g/mol. The third-order valence-corrected chi connectivity index (χ3v) is 2.26. The normalized spacial score (nSPS) is 12.6. The minimum Gasteiger partial charge on any atom is -0.395 e. The van der Waals surface area contributed by atoms with Crippen LogP contribution in [0.15, 0.2) is 18.2 Å². The summed E-state index contributed by atoms with van der Waals surface area (Å²) in [6.45, 7) is 4.72. The summed E-state index contributed by atoms with van der Waals surface area (Å²) in [5.74, 6) is 0. The summed E-state index contributed by atoms with van der Waals surface area (Å²) < 4.78 is 0. The zero-order chi connectivity index (χ0) is 10.6. The van der Waals surface area contributed by atoms with Crippen LogP contribution in [0.1, 0.15) is 11.1 Å². The van der Waals surface area contributed by atoms with Crippen LogP contribution in [0.5, 0.6) is 0 Å². The molecule has 0 saturated carbocycles. The van der Waals surface area contributed by atoms with E-state index < -0.39 is 0 Å². The summed E-state index contributed by atoms with van der Waals surface area (Å²) in [5, 5.41) is 12.0. The molecular weight excluding hydrogens is 176 g/mol. The smallest absolute Gasteiger partial charge is 0.0599 e. The molecule has 3 nitrogen and oxygen atoms in total. The number of nitrogens with one attached hydrogen (secondary N) is 1. The summed E-state index contributed by atoms with van der Waals surface area (Å²) in [5.41, 5.74) is 9.14. The van der Waals surface area contributed by atoms with Gasteiger partial charge < -0.3 is 16.2 Å². The van der Waals surface area contributed by atoms with Crippen LogP contribution in [0.3, 0.4) is 0 Å². The van der Waals surface area contributed by atoms with Gasteiger partial charge in [0.2, 0.25) is 0 Å². The number of aliphatic hydroxyl groups excluding tert-OH is 1. The van der Waals surface area contributed by atoms with Gasteiger partial charge in [-0.2, -0.15) is 0 Å². The quantitative estimate of drug-likeness (QED) is 0.671. The Hall–Kier alpha value is -1.06. The standard InChI is InChI=1S/C11H18N2O/c1-8-4-3-5-9(2)11(8)13-6-10(12)7-14/h3-5,10,13-14H,6-7,12H2,1-2H3. The predicted molar refractivity (Wildman–Crippen MR) is 59.5 cm³/mol. The van der Waals surface area contributed by atoms with Crippen molar-refractivity contribution in [3.8, 4) is 0 Å². The highest BCUT2D eigenvalue weighted by Crippen LogP contribution is 2.18. The van der Waals surface area contributed by atoms with Gasteiger partial charge in [0.05, 0.1) is 6.61 Å². The molecule has 0 fully saturated rings. The van der Waals surface area contributed by atoms with E-state index in [9.17, 15) is 0 Å². The fourth-order valence-corrected chi connectivity index (χ4v) is 1.39. The highest BCUT2D eigenvalue weighted by Gasteiger charge is 2.03. The number of benzene rings is 1. The van der Waals surface area contributed by atoms with Gasteiger partial charge in [0.1, 0.15) is 0 Å². The largest absolute Gasteiger partial charge is 0.395 e. The van der Waals surface area contributed by atoms with Crippen LogP contribution in [0.4, 0.5) is 5.69 Å². The molecule has 0 heterocycles. The lowest BCUT2D eigenvalue weighted by molar-refractivity contribution is 0.270. The van der Waals surface area contributed by atoms with Gasteiger partial charge in [-0.3, -0.25) is 0 Å². The molecule has 1 unspecified atom stereocenters. The van der Waals surface area contributed by atoms with Crippen molar-refractivity contribution < 1.29 is 5.11 Å². The van der Waals surface area contributed by atoms with Crippen molar-refractivity contribution in [1.82, 2.24) is 0 Å². The lowest BCUT2D eigenvalue weighted by Crippen LogP contribution is -2.32. The fraction of sp³-hybridized carbons (Fsp3) is 0.455. The Labute approximate surface area is 84.9 Å². The Morgan fingerprint density at radius 2 is 1.93 bits per heavy atom. The van der Waals surface area contributed by atoms with Crippen LogP contribution >= 0.6 is 0 Å². The lowest BCUT2D eigenvalue weighted by atomic mass is 10.1. The molecule has 14 heavy (non-hydrogen) atoms. The minimum atomic E-state index is -0.200. The van der Waals surface area contributed by atoms with Crippen molar-refractivity contribution in [3.05, 3.63) is 29.3 Å². The first-order valence-corrected chi connectivity index (χ1v) is 4.81. The van der Waals surface area contributed by atoms with Gasteiger partial charge in [-0.15, -0.1) is 0 Å². The predicted octanol–water partition coefficient (Wildman–Crippen LogP) is 1.03. The van der Waals surface area contributed by atoms with Crippen LogP contribution in [-0.4, -0.2) is 24.3 Å². The molecule has 1 rings (SSSR count). The zero-order valence-electron chi connectivity index (χ0n) is 8.75. The number of rotatable bonds is 4. The van der Waals surface area contributed by atoms with Crippen LogP contribution in [0, 0.1) is 13.8 Å². The van der Waals surface area contributed by atoms with E-state index in [0.29, 0.717) is 6.54 Å². The first-order valence-electron chi connectivity index (χ1n) is 4.81. The summed E-state index contributed by atoms with van der Waals surface area (Å²) >= 11 is 0. The van der Waals surface area contributed by atoms with Crippen LogP contribution in [0.2, 0.25) is 0 Å². The third kappa shape index (κ3) is 2.72. The van der Waals surface area contributed by atoms with E-state index in [0.717, 1.165) is 5.69 Å². The van der Waals surface area contributed by atoms with E-state index in [1.165, 1.54) is 11.1 Å². The highest BCUT2D eigenvalue weighted by atomic mass is 16.3. The van der Waals surface area contributed by atoms with Crippen molar-refractivity contribution in [2.75, 3.05) is 18.5 Å². The number of aryl methyl sites for hydroxylation is 2. The van der Waals surface area contributed by atoms with Crippen molar-refractivity contribution in [1.29, 1.82) is 0 Å². The molecule has 78 valence electrons. The molecule has 1 aromatic carbocycles. The number of anilines is 1. The number of para-hydroxylation sites is 1. The molecule has 0 saturated heterocycles. The molecule has 0 aliphatic heterocycles. The Morgan fingerprint density at radius 1 is 1.36 bits per heavy atom. The van der Waals surface area contributed by atoms with E-state index in [1.54, 1.807) is 0 Å². The van der Waals surface area contributed by atoms with Crippen LogP contribution in [-0.2, 0) is 0 Å². The Bertz CT molecular complexity index is 279. The van der Waals surface area contributed by atoms with Crippen molar-refractivity contribution >= 4 is 5.69 Å². The SMILES string of the molecule is Cc1cccc(C)c1NCC(N)CO. The Balaban J connectivity index is 2.66. The second-order valence-electron chi connectivity index (χ2n) is 3.59. The topological polar surface area (TPSA) is 58.3 Å². The van der Waals surface area contributed by atoms with E-state index in [4.69, 9.17) is 10.8 Å². The molecule has 0 bridgehead atoms. The second-order valence-corrected chi connectivity index (χ2v) is 3.59. The van der Waals surface area contributed by atoms with Crippen molar-refractivity contribution in [2.45, 2.75) is 19.9 Å². The van der Waals surface area contributed by atoms with Crippen molar-refractivity contribution in [2.24, 2.45) is 5.73 Å². The maximum atomic E-state index is 8.79.